The monoisotopic (exact) mass is 351 g/mol. The number of pyridine rings is 1. The van der Waals surface area contributed by atoms with Crippen molar-refractivity contribution >= 4 is 21.4 Å². The smallest absolute Gasteiger partial charge is 0.272 e. The highest BCUT2D eigenvalue weighted by atomic mass is 32.2. The van der Waals surface area contributed by atoms with E-state index in [2.05, 4.69) is 9.88 Å². The predicted octanol–water partition coefficient (Wildman–Crippen LogP) is 1.72. The van der Waals surface area contributed by atoms with Gasteiger partial charge in [0.25, 0.3) is 5.91 Å². The molecule has 0 saturated carbocycles. The van der Waals surface area contributed by atoms with Crippen LogP contribution in [-0.2, 0) is 9.84 Å². The highest BCUT2D eigenvalue weighted by Gasteiger charge is 2.33. The van der Waals surface area contributed by atoms with E-state index < -0.39 is 9.84 Å². The summed E-state index contributed by atoms with van der Waals surface area (Å²) >= 11 is 0. The Hall–Kier alpha value is -1.63. The number of carbonyl (C=O) groups excluding carboxylic acids is 1. The van der Waals surface area contributed by atoms with Crippen LogP contribution < -0.4 is 4.90 Å². The van der Waals surface area contributed by atoms with E-state index in [4.69, 9.17) is 0 Å². The maximum absolute atomic E-state index is 12.7. The minimum Gasteiger partial charge on any atom is -0.371 e. The van der Waals surface area contributed by atoms with Gasteiger partial charge in [-0.15, -0.1) is 0 Å². The Morgan fingerprint density at radius 3 is 2.58 bits per heavy atom. The lowest BCUT2D eigenvalue weighted by Gasteiger charge is -2.25. The number of anilines is 1. The second kappa shape index (κ2) is 7.09. The number of hydrogen-bond acceptors (Lipinski definition) is 5. The maximum atomic E-state index is 12.7. The summed E-state index contributed by atoms with van der Waals surface area (Å²) in [5, 5.41) is 0. The Kier molecular flexibility index (Phi) is 5.08. The van der Waals surface area contributed by atoms with Gasteiger partial charge in [0.05, 0.1) is 11.5 Å². The second-order valence-electron chi connectivity index (χ2n) is 6.77. The van der Waals surface area contributed by atoms with Gasteiger partial charge in [-0.2, -0.15) is 0 Å². The second-order valence-corrected chi connectivity index (χ2v) is 9.00. The Bertz CT molecular complexity index is 697. The molecule has 0 N–H and O–H groups in total. The van der Waals surface area contributed by atoms with E-state index in [9.17, 15) is 13.2 Å². The van der Waals surface area contributed by atoms with Crippen LogP contribution in [0, 0.1) is 0 Å². The topological polar surface area (TPSA) is 70.6 Å². The molecule has 132 valence electrons. The Balaban J connectivity index is 1.74. The lowest BCUT2D eigenvalue weighted by atomic mass is 10.2. The van der Waals surface area contributed by atoms with Crippen LogP contribution in [0.1, 0.15) is 42.6 Å². The number of amides is 1. The Morgan fingerprint density at radius 1 is 1.25 bits per heavy atom. The largest absolute Gasteiger partial charge is 0.371 e. The number of rotatable bonds is 3. The first-order valence-electron chi connectivity index (χ1n) is 8.65. The molecule has 2 aliphatic rings. The predicted molar refractivity (Wildman–Crippen MR) is 94.1 cm³/mol. The molecule has 1 amide bonds. The lowest BCUT2D eigenvalue weighted by Crippen LogP contribution is -2.38. The summed E-state index contributed by atoms with van der Waals surface area (Å²) in [7, 11) is -1.33. The molecule has 0 aliphatic carbocycles. The molecule has 2 saturated heterocycles. The van der Waals surface area contributed by atoms with Crippen LogP contribution in [0.4, 0.5) is 5.69 Å². The quantitative estimate of drug-likeness (QED) is 0.829. The summed E-state index contributed by atoms with van der Waals surface area (Å²) in [6.45, 7) is 2.02. The normalized spacial score (nSPS) is 23.7. The van der Waals surface area contributed by atoms with Gasteiger partial charge in [-0.05, 0) is 31.4 Å². The van der Waals surface area contributed by atoms with Gasteiger partial charge in [0, 0.05) is 38.1 Å². The number of aromatic nitrogens is 1. The molecule has 1 unspecified atom stereocenters. The van der Waals surface area contributed by atoms with Gasteiger partial charge in [0.15, 0.2) is 9.84 Å². The van der Waals surface area contributed by atoms with E-state index in [1.165, 1.54) is 25.7 Å². The van der Waals surface area contributed by atoms with E-state index in [0.29, 0.717) is 12.1 Å². The van der Waals surface area contributed by atoms with Crippen molar-refractivity contribution in [1.29, 1.82) is 0 Å². The molecule has 0 aromatic carbocycles. The van der Waals surface area contributed by atoms with Gasteiger partial charge in [-0.25, -0.2) is 8.42 Å². The van der Waals surface area contributed by atoms with Gasteiger partial charge >= 0.3 is 0 Å². The van der Waals surface area contributed by atoms with E-state index in [1.54, 1.807) is 18.1 Å². The average Bonchev–Trinajstić information content (AvgIpc) is 2.79. The molecular weight excluding hydrogens is 326 g/mol. The average molecular weight is 351 g/mol. The van der Waals surface area contributed by atoms with Gasteiger partial charge in [0.1, 0.15) is 5.69 Å². The molecule has 6 nitrogen and oxygen atoms in total. The fraction of sp³-hybridized carbons (Fsp3) is 0.647. The molecule has 1 aromatic heterocycles. The fourth-order valence-corrected chi connectivity index (χ4v) is 5.26. The molecule has 1 atom stereocenters. The molecule has 2 aliphatic heterocycles. The molecule has 0 radical (unpaired) electrons. The van der Waals surface area contributed by atoms with Crippen molar-refractivity contribution in [1.82, 2.24) is 9.88 Å². The first-order valence-corrected chi connectivity index (χ1v) is 10.5. The molecule has 3 heterocycles. The first-order chi connectivity index (χ1) is 11.5. The van der Waals surface area contributed by atoms with Crippen molar-refractivity contribution in [3.63, 3.8) is 0 Å². The van der Waals surface area contributed by atoms with E-state index in [-0.39, 0.29) is 23.5 Å². The highest BCUT2D eigenvalue weighted by molar-refractivity contribution is 7.91. The molecule has 0 spiro atoms. The van der Waals surface area contributed by atoms with Crippen LogP contribution >= 0.6 is 0 Å². The molecule has 0 bridgehead atoms. The SMILES string of the molecule is CN(C(=O)c1cc(N2CCCCCC2)ccn1)C1CCS(=O)(=O)C1. The first kappa shape index (κ1) is 17.2. The zero-order valence-corrected chi connectivity index (χ0v) is 15.0. The summed E-state index contributed by atoms with van der Waals surface area (Å²) in [4.78, 5) is 20.8. The maximum Gasteiger partial charge on any atom is 0.272 e. The zero-order chi connectivity index (χ0) is 17.2. The molecule has 24 heavy (non-hydrogen) atoms. The minimum absolute atomic E-state index is 0.0566. The van der Waals surface area contributed by atoms with Crippen LogP contribution in [0.25, 0.3) is 0 Å². The number of carbonyl (C=O) groups is 1. The Labute approximate surface area is 143 Å². The van der Waals surface area contributed by atoms with Crippen LogP contribution in [0.3, 0.4) is 0 Å². The van der Waals surface area contributed by atoms with E-state index >= 15 is 0 Å². The summed E-state index contributed by atoms with van der Waals surface area (Å²) in [6.07, 6.45) is 7.04. The molecule has 2 fully saturated rings. The van der Waals surface area contributed by atoms with Crippen molar-refractivity contribution in [2.24, 2.45) is 0 Å². The minimum atomic E-state index is -3.01. The van der Waals surface area contributed by atoms with Crippen LogP contribution in [0.5, 0.6) is 0 Å². The van der Waals surface area contributed by atoms with Crippen molar-refractivity contribution in [2.45, 2.75) is 38.1 Å². The molecule has 1 aromatic rings. The number of nitrogens with zero attached hydrogens (tertiary/aromatic N) is 3. The van der Waals surface area contributed by atoms with Crippen LogP contribution in [-0.4, -0.2) is 61.9 Å². The Morgan fingerprint density at radius 2 is 1.96 bits per heavy atom. The van der Waals surface area contributed by atoms with Crippen molar-refractivity contribution < 1.29 is 13.2 Å². The van der Waals surface area contributed by atoms with Crippen LogP contribution in [0.2, 0.25) is 0 Å². The van der Waals surface area contributed by atoms with Gasteiger partial charge in [-0.3, -0.25) is 9.78 Å². The summed E-state index contributed by atoms with van der Waals surface area (Å²) < 4.78 is 23.3. The summed E-state index contributed by atoms with van der Waals surface area (Å²) in [6, 6.07) is 3.54. The third kappa shape index (κ3) is 3.88. The van der Waals surface area contributed by atoms with E-state index in [1.807, 2.05) is 12.1 Å². The number of hydrogen-bond donors (Lipinski definition) is 0. The highest BCUT2D eigenvalue weighted by Crippen LogP contribution is 2.22. The standard InChI is InChI=1S/C17H25N3O3S/c1-19(15-7-11-24(22,23)13-15)17(21)16-12-14(6-8-18-16)20-9-4-2-3-5-10-20/h6,8,12,15H,2-5,7,9-11,13H2,1H3. The van der Waals surface area contributed by atoms with Gasteiger partial charge in [-0.1, -0.05) is 12.8 Å². The van der Waals surface area contributed by atoms with Crippen molar-refractivity contribution in [2.75, 3.05) is 36.5 Å². The zero-order valence-electron chi connectivity index (χ0n) is 14.1. The van der Waals surface area contributed by atoms with Crippen molar-refractivity contribution in [3.8, 4) is 0 Å². The molecule has 7 heteroatoms. The van der Waals surface area contributed by atoms with Crippen molar-refractivity contribution in [3.05, 3.63) is 24.0 Å². The summed E-state index contributed by atoms with van der Waals surface area (Å²) in [5.74, 6) is 0.0196. The lowest BCUT2D eigenvalue weighted by molar-refractivity contribution is 0.0742. The fourth-order valence-electron chi connectivity index (χ4n) is 3.49. The molecule has 3 rings (SSSR count). The van der Waals surface area contributed by atoms with Crippen LogP contribution in [0.15, 0.2) is 18.3 Å². The van der Waals surface area contributed by atoms with Gasteiger partial charge < -0.3 is 9.80 Å². The summed E-state index contributed by atoms with van der Waals surface area (Å²) in [5.41, 5.74) is 1.42. The molecular formula is C17H25N3O3S. The third-order valence-electron chi connectivity index (χ3n) is 5.01. The van der Waals surface area contributed by atoms with E-state index in [0.717, 1.165) is 18.8 Å². The van der Waals surface area contributed by atoms with Gasteiger partial charge in [0.2, 0.25) is 0 Å². The third-order valence-corrected chi connectivity index (χ3v) is 6.76. The number of sulfone groups is 1.